The summed E-state index contributed by atoms with van der Waals surface area (Å²) < 4.78 is 0. The Balaban J connectivity index is 1.52. The van der Waals surface area contributed by atoms with Crippen LogP contribution in [0.25, 0.3) is 10.9 Å². The van der Waals surface area contributed by atoms with Gasteiger partial charge >= 0.3 is 0 Å². The molecule has 112 valence electrons. The number of nitrogens with one attached hydrogen (secondary N) is 2. The van der Waals surface area contributed by atoms with Crippen LogP contribution in [-0.4, -0.2) is 11.5 Å². The van der Waals surface area contributed by atoms with E-state index in [2.05, 4.69) is 34.6 Å². The number of H-pyrrole nitrogens is 1. The fourth-order valence-electron chi connectivity index (χ4n) is 4.32. The zero-order chi connectivity index (χ0) is 14.1. The number of aryl methyl sites for hydroxylation is 1. The smallest absolute Gasteiger partial charge is 0.0476 e. The molecular weight excluding hydrogens is 256 g/mol. The van der Waals surface area contributed by atoms with Crippen LogP contribution in [0.2, 0.25) is 0 Å². The minimum absolute atomic E-state index is 0.545. The summed E-state index contributed by atoms with van der Waals surface area (Å²) in [6, 6.07) is 9.33. The van der Waals surface area contributed by atoms with Gasteiger partial charge in [0, 0.05) is 22.6 Å². The van der Waals surface area contributed by atoms with E-state index in [1.54, 1.807) is 5.56 Å². The number of aromatic nitrogens is 1. The molecule has 1 heterocycles. The van der Waals surface area contributed by atoms with Gasteiger partial charge in [-0.25, -0.2) is 0 Å². The van der Waals surface area contributed by atoms with Crippen molar-refractivity contribution in [3.8, 4) is 0 Å². The number of fused-ring (bicyclic) bond motifs is 3. The van der Waals surface area contributed by atoms with Gasteiger partial charge in [-0.05, 0) is 56.2 Å². The van der Waals surface area contributed by atoms with Crippen LogP contribution in [0.4, 0.5) is 0 Å². The van der Waals surface area contributed by atoms with Crippen LogP contribution in [0.5, 0.6) is 0 Å². The normalized spacial score (nSPS) is 23.3. The van der Waals surface area contributed by atoms with E-state index >= 15 is 0 Å². The van der Waals surface area contributed by atoms with Crippen molar-refractivity contribution in [2.24, 2.45) is 5.92 Å². The van der Waals surface area contributed by atoms with Crippen molar-refractivity contribution in [2.75, 3.05) is 6.54 Å². The van der Waals surface area contributed by atoms with Gasteiger partial charge < -0.3 is 10.3 Å². The molecule has 4 rings (SSSR count). The molecule has 0 bridgehead atoms. The molecule has 2 nitrogen and oxygen atoms in total. The maximum absolute atomic E-state index is 3.88. The standard InChI is InChI=1S/C19H26N2/c1-2-7-14(8-3-1)13-20-18-12-6-10-16-15-9-4-5-11-17(15)21-19(16)18/h4-5,9,11,14,18,20-21H,1-3,6-8,10,12-13H2. The maximum atomic E-state index is 3.88. The van der Waals surface area contributed by atoms with Crippen molar-refractivity contribution >= 4 is 10.9 Å². The van der Waals surface area contributed by atoms with E-state index < -0.39 is 0 Å². The monoisotopic (exact) mass is 282 g/mol. The van der Waals surface area contributed by atoms with Gasteiger partial charge in [0.25, 0.3) is 0 Å². The van der Waals surface area contributed by atoms with Crippen molar-refractivity contribution in [2.45, 2.75) is 57.4 Å². The summed E-state index contributed by atoms with van der Waals surface area (Å²) >= 11 is 0. The minimum Gasteiger partial charge on any atom is -0.357 e. The van der Waals surface area contributed by atoms with Gasteiger partial charge in [0.2, 0.25) is 0 Å². The van der Waals surface area contributed by atoms with Crippen molar-refractivity contribution in [3.63, 3.8) is 0 Å². The molecule has 0 aliphatic heterocycles. The van der Waals surface area contributed by atoms with Crippen LogP contribution >= 0.6 is 0 Å². The lowest BCUT2D eigenvalue weighted by molar-refractivity contribution is 0.318. The maximum Gasteiger partial charge on any atom is 0.0476 e. The second-order valence-corrected chi connectivity index (χ2v) is 6.92. The molecule has 2 aromatic rings. The third-order valence-corrected chi connectivity index (χ3v) is 5.49. The Morgan fingerprint density at radius 2 is 1.86 bits per heavy atom. The molecule has 1 aromatic heterocycles. The van der Waals surface area contributed by atoms with Crippen molar-refractivity contribution in [3.05, 3.63) is 35.5 Å². The lowest BCUT2D eigenvalue weighted by Crippen LogP contribution is -2.30. The molecule has 1 unspecified atom stereocenters. The summed E-state index contributed by atoms with van der Waals surface area (Å²) in [5, 5.41) is 5.32. The first-order valence-electron chi connectivity index (χ1n) is 8.74. The summed E-state index contributed by atoms with van der Waals surface area (Å²) in [6.45, 7) is 1.21. The average Bonchev–Trinajstić information content (AvgIpc) is 2.93. The lowest BCUT2D eigenvalue weighted by atomic mass is 9.88. The Kier molecular flexibility index (Phi) is 3.72. The fourth-order valence-corrected chi connectivity index (χ4v) is 4.32. The van der Waals surface area contributed by atoms with Gasteiger partial charge in [0.05, 0.1) is 0 Å². The number of rotatable bonds is 3. The molecular formula is C19H26N2. The first kappa shape index (κ1) is 13.4. The Morgan fingerprint density at radius 3 is 2.76 bits per heavy atom. The largest absolute Gasteiger partial charge is 0.357 e. The molecule has 0 amide bonds. The fraction of sp³-hybridized carbons (Fsp3) is 0.579. The van der Waals surface area contributed by atoms with E-state index in [0.29, 0.717) is 6.04 Å². The molecule has 1 fully saturated rings. The van der Waals surface area contributed by atoms with E-state index in [-0.39, 0.29) is 0 Å². The van der Waals surface area contributed by atoms with Crippen LogP contribution < -0.4 is 5.32 Å². The molecule has 1 saturated carbocycles. The third kappa shape index (κ3) is 2.62. The summed E-state index contributed by atoms with van der Waals surface area (Å²) in [6.07, 6.45) is 11.0. The number of benzene rings is 1. The second-order valence-electron chi connectivity index (χ2n) is 6.92. The van der Waals surface area contributed by atoms with Gasteiger partial charge in [0.1, 0.15) is 0 Å². The van der Waals surface area contributed by atoms with Crippen molar-refractivity contribution in [1.82, 2.24) is 10.3 Å². The van der Waals surface area contributed by atoms with E-state index in [1.807, 2.05) is 0 Å². The number of aromatic amines is 1. The zero-order valence-electron chi connectivity index (χ0n) is 12.8. The first-order valence-corrected chi connectivity index (χ1v) is 8.74. The topological polar surface area (TPSA) is 27.8 Å². The molecule has 2 N–H and O–H groups in total. The highest BCUT2D eigenvalue weighted by molar-refractivity contribution is 5.85. The Bertz CT molecular complexity index is 607. The lowest BCUT2D eigenvalue weighted by Gasteiger charge is -2.28. The van der Waals surface area contributed by atoms with Crippen LogP contribution in [0.1, 0.15) is 62.2 Å². The summed E-state index contributed by atoms with van der Waals surface area (Å²) in [5.41, 5.74) is 4.35. The van der Waals surface area contributed by atoms with Crippen LogP contribution in [0, 0.1) is 5.92 Å². The minimum atomic E-state index is 0.545. The summed E-state index contributed by atoms with van der Waals surface area (Å²) in [4.78, 5) is 3.69. The Hall–Kier alpha value is -1.28. The number of hydrogen-bond acceptors (Lipinski definition) is 1. The van der Waals surface area contributed by atoms with Crippen LogP contribution in [0.15, 0.2) is 24.3 Å². The summed E-state index contributed by atoms with van der Waals surface area (Å²) in [7, 11) is 0. The third-order valence-electron chi connectivity index (χ3n) is 5.49. The molecule has 2 aliphatic rings. The molecule has 21 heavy (non-hydrogen) atoms. The molecule has 1 aromatic carbocycles. The van der Waals surface area contributed by atoms with E-state index in [4.69, 9.17) is 0 Å². The predicted molar refractivity (Wildman–Crippen MR) is 88.6 cm³/mol. The predicted octanol–water partition coefficient (Wildman–Crippen LogP) is 4.72. The molecule has 0 spiro atoms. The molecule has 2 heteroatoms. The molecule has 0 radical (unpaired) electrons. The molecule has 2 aliphatic carbocycles. The molecule has 1 atom stereocenters. The SMILES string of the molecule is c1ccc2c3c([nH]c2c1)C(NCC1CCCCC1)CCC3. The highest BCUT2D eigenvalue weighted by Crippen LogP contribution is 2.35. The first-order chi connectivity index (χ1) is 10.4. The Morgan fingerprint density at radius 1 is 1.00 bits per heavy atom. The number of para-hydroxylation sites is 1. The van der Waals surface area contributed by atoms with Crippen LogP contribution in [0.3, 0.4) is 0 Å². The van der Waals surface area contributed by atoms with E-state index in [1.165, 1.54) is 74.5 Å². The van der Waals surface area contributed by atoms with Crippen molar-refractivity contribution in [1.29, 1.82) is 0 Å². The van der Waals surface area contributed by atoms with Gasteiger partial charge in [-0.2, -0.15) is 0 Å². The van der Waals surface area contributed by atoms with Crippen LogP contribution in [-0.2, 0) is 6.42 Å². The van der Waals surface area contributed by atoms with E-state index in [0.717, 1.165) is 5.92 Å². The Labute approximate surface area is 127 Å². The van der Waals surface area contributed by atoms with Crippen molar-refractivity contribution < 1.29 is 0 Å². The van der Waals surface area contributed by atoms with Gasteiger partial charge in [0.15, 0.2) is 0 Å². The molecule has 0 saturated heterocycles. The van der Waals surface area contributed by atoms with E-state index in [9.17, 15) is 0 Å². The zero-order valence-corrected chi connectivity index (χ0v) is 12.8. The van der Waals surface area contributed by atoms with Gasteiger partial charge in [-0.1, -0.05) is 37.5 Å². The van der Waals surface area contributed by atoms with Gasteiger partial charge in [-0.15, -0.1) is 0 Å². The second kappa shape index (κ2) is 5.84. The highest BCUT2D eigenvalue weighted by Gasteiger charge is 2.24. The highest BCUT2D eigenvalue weighted by atomic mass is 15.0. The van der Waals surface area contributed by atoms with Gasteiger partial charge in [-0.3, -0.25) is 0 Å². The average molecular weight is 282 g/mol. The quantitative estimate of drug-likeness (QED) is 0.838. The summed E-state index contributed by atoms with van der Waals surface area (Å²) in [5.74, 6) is 0.911. The number of hydrogen-bond donors (Lipinski definition) is 2.